The predicted molar refractivity (Wildman–Crippen MR) is 100 cm³/mol. The van der Waals surface area contributed by atoms with E-state index in [9.17, 15) is 0 Å². The van der Waals surface area contributed by atoms with Crippen LogP contribution in [0.4, 0.5) is 0 Å². The fourth-order valence-electron chi connectivity index (χ4n) is 2.32. The molecule has 0 aromatic heterocycles. The molecule has 2 N–H and O–H groups in total. The lowest BCUT2D eigenvalue weighted by atomic mass is 10.2. The van der Waals surface area contributed by atoms with Crippen molar-refractivity contribution in [3.63, 3.8) is 0 Å². The Morgan fingerprint density at radius 2 is 1.54 bits per heavy atom. The Morgan fingerprint density at radius 1 is 0.875 bits per heavy atom. The second kappa shape index (κ2) is 11.2. The lowest BCUT2D eigenvalue weighted by Crippen LogP contribution is -2.37. The van der Waals surface area contributed by atoms with Crippen molar-refractivity contribution in [1.82, 2.24) is 10.6 Å². The van der Waals surface area contributed by atoms with Gasteiger partial charge in [-0.1, -0.05) is 60.7 Å². The van der Waals surface area contributed by atoms with Gasteiger partial charge in [0.1, 0.15) is 0 Å². The molecule has 0 atom stereocenters. The first-order valence-electron chi connectivity index (χ1n) is 8.48. The first-order chi connectivity index (χ1) is 11.9. The summed E-state index contributed by atoms with van der Waals surface area (Å²) in [5, 5.41) is 6.61. The summed E-state index contributed by atoms with van der Waals surface area (Å²) in [6, 6.07) is 20.7. The largest absolute Gasteiger partial charge is 0.381 e. The van der Waals surface area contributed by atoms with Crippen molar-refractivity contribution in [1.29, 1.82) is 0 Å². The lowest BCUT2D eigenvalue weighted by Gasteiger charge is -2.12. The minimum absolute atomic E-state index is 0.759. The average Bonchev–Trinajstić information content (AvgIpc) is 2.65. The minimum Gasteiger partial charge on any atom is -0.381 e. The summed E-state index contributed by atoms with van der Waals surface area (Å²) in [5.41, 5.74) is 2.56. The molecule has 0 fully saturated rings. The summed E-state index contributed by atoms with van der Waals surface area (Å²) in [7, 11) is 1.79. The maximum Gasteiger partial charge on any atom is 0.191 e. The molecular formula is C20H27N3O. The molecule has 0 aliphatic carbocycles. The zero-order valence-electron chi connectivity index (χ0n) is 14.4. The molecule has 0 aliphatic heterocycles. The topological polar surface area (TPSA) is 45.7 Å². The molecule has 2 aromatic rings. The van der Waals surface area contributed by atoms with Gasteiger partial charge in [-0.25, -0.2) is 0 Å². The highest BCUT2D eigenvalue weighted by Gasteiger charge is 1.98. The van der Waals surface area contributed by atoms with Crippen LogP contribution in [0.25, 0.3) is 0 Å². The molecule has 0 bridgehead atoms. The highest BCUT2D eigenvalue weighted by atomic mass is 16.5. The van der Waals surface area contributed by atoms with E-state index in [2.05, 4.69) is 52.0 Å². The second-order valence-corrected chi connectivity index (χ2v) is 5.54. The molecule has 0 unspecified atom stereocenters. The maximum atomic E-state index is 5.68. The van der Waals surface area contributed by atoms with Crippen molar-refractivity contribution in [3.05, 3.63) is 71.8 Å². The predicted octanol–water partition coefficient (Wildman–Crippen LogP) is 3.00. The molecule has 0 saturated heterocycles. The first kappa shape index (κ1) is 18.0. The third-order valence-electron chi connectivity index (χ3n) is 3.66. The van der Waals surface area contributed by atoms with Crippen LogP contribution < -0.4 is 10.6 Å². The number of nitrogens with zero attached hydrogens (tertiary/aromatic N) is 1. The van der Waals surface area contributed by atoms with Crippen molar-refractivity contribution in [2.75, 3.05) is 26.8 Å². The first-order valence-corrected chi connectivity index (χ1v) is 8.48. The van der Waals surface area contributed by atoms with Crippen LogP contribution >= 0.6 is 0 Å². The SMILES string of the molecule is CN=C(NCCCOCCc1ccccc1)NCc1ccccc1. The van der Waals surface area contributed by atoms with Gasteiger partial charge in [0.25, 0.3) is 0 Å². The van der Waals surface area contributed by atoms with Gasteiger partial charge in [0, 0.05) is 26.7 Å². The van der Waals surface area contributed by atoms with Crippen molar-refractivity contribution in [2.45, 2.75) is 19.4 Å². The number of nitrogens with one attached hydrogen (secondary N) is 2. The Labute approximate surface area is 145 Å². The van der Waals surface area contributed by atoms with E-state index in [1.54, 1.807) is 7.05 Å². The second-order valence-electron chi connectivity index (χ2n) is 5.54. The normalized spacial score (nSPS) is 11.3. The van der Waals surface area contributed by atoms with Crippen molar-refractivity contribution in [3.8, 4) is 0 Å². The van der Waals surface area contributed by atoms with Gasteiger partial charge in [0.05, 0.1) is 6.61 Å². The third-order valence-corrected chi connectivity index (χ3v) is 3.66. The van der Waals surface area contributed by atoms with Crippen LogP contribution in [0.3, 0.4) is 0 Å². The fraction of sp³-hybridized carbons (Fsp3) is 0.350. The van der Waals surface area contributed by atoms with Gasteiger partial charge in [-0.2, -0.15) is 0 Å². The zero-order valence-corrected chi connectivity index (χ0v) is 14.4. The number of hydrogen-bond donors (Lipinski definition) is 2. The van der Waals surface area contributed by atoms with Gasteiger partial charge in [0.2, 0.25) is 0 Å². The Bertz CT molecular complexity index is 584. The Balaban J connectivity index is 1.51. The van der Waals surface area contributed by atoms with Gasteiger partial charge in [0.15, 0.2) is 5.96 Å². The van der Waals surface area contributed by atoms with E-state index in [0.29, 0.717) is 0 Å². The number of ether oxygens (including phenoxy) is 1. The molecule has 2 aromatic carbocycles. The molecule has 0 amide bonds. The summed E-state index contributed by atoms with van der Waals surface area (Å²) in [6.07, 6.45) is 1.93. The molecule has 0 radical (unpaired) electrons. The van der Waals surface area contributed by atoms with Crippen molar-refractivity contribution >= 4 is 5.96 Å². The average molecular weight is 325 g/mol. The van der Waals surface area contributed by atoms with E-state index < -0.39 is 0 Å². The van der Waals surface area contributed by atoms with Crippen LogP contribution in [-0.4, -0.2) is 32.8 Å². The van der Waals surface area contributed by atoms with Crippen molar-refractivity contribution in [2.24, 2.45) is 4.99 Å². The van der Waals surface area contributed by atoms with Crippen LogP contribution in [0.1, 0.15) is 17.5 Å². The van der Waals surface area contributed by atoms with Gasteiger partial charge < -0.3 is 15.4 Å². The van der Waals surface area contributed by atoms with E-state index in [-0.39, 0.29) is 0 Å². The number of aliphatic imine (C=N–C) groups is 1. The Morgan fingerprint density at radius 3 is 2.21 bits per heavy atom. The summed E-state index contributed by atoms with van der Waals surface area (Å²) in [6.45, 7) is 3.15. The van der Waals surface area contributed by atoms with E-state index in [0.717, 1.165) is 45.1 Å². The molecule has 4 nitrogen and oxygen atoms in total. The molecule has 0 aliphatic rings. The molecule has 0 saturated carbocycles. The van der Waals surface area contributed by atoms with Gasteiger partial charge in [-0.3, -0.25) is 4.99 Å². The van der Waals surface area contributed by atoms with E-state index >= 15 is 0 Å². The number of guanidine groups is 1. The fourth-order valence-corrected chi connectivity index (χ4v) is 2.32. The van der Waals surface area contributed by atoms with Crippen LogP contribution in [0.15, 0.2) is 65.7 Å². The minimum atomic E-state index is 0.759. The molecule has 24 heavy (non-hydrogen) atoms. The highest BCUT2D eigenvalue weighted by molar-refractivity contribution is 5.79. The van der Waals surface area contributed by atoms with Crippen molar-refractivity contribution < 1.29 is 4.74 Å². The zero-order chi connectivity index (χ0) is 16.9. The Kier molecular flexibility index (Phi) is 8.44. The van der Waals surface area contributed by atoms with Gasteiger partial charge in [-0.05, 0) is 24.0 Å². The number of benzene rings is 2. The monoisotopic (exact) mass is 325 g/mol. The van der Waals surface area contributed by atoms with Crippen LogP contribution in [0.5, 0.6) is 0 Å². The number of rotatable bonds is 9. The van der Waals surface area contributed by atoms with Crippen LogP contribution in [-0.2, 0) is 17.7 Å². The molecule has 4 heteroatoms. The summed E-state index contributed by atoms with van der Waals surface area (Å²) >= 11 is 0. The van der Waals surface area contributed by atoms with E-state index in [1.165, 1.54) is 11.1 Å². The standard InChI is InChI=1S/C20H27N3O/c1-21-20(23-17-19-11-6-3-7-12-19)22-14-8-15-24-16-13-18-9-4-2-5-10-18/h2-7,9-12H,8,13-17H2,1H3,(H2,21,22,23). The number of hydrogen-bond acceptors (Lipinski definition) is 2. The maximum absolute atomic E-state index is 5.68. The van der Waals surface area contributed by atoms with E-state index in [1.807, 2.05) is 24.3 Å². The quantitative estimate of drug-likeness (QED) is 0.423. The molecule has 128 valence electrons. The Hall–Kier alpha value is -2.33. The molecule has 0 heterocycles. The molecular weight excluding hydrogens is 298 g/mol. The summed E-state index contributed by atoms with van der Waals surface area (Å²) in [5.74, 6) is 0.822. The van der Waals surface area contributed by atoms with Crippen LogP contribution in [0, 0.1) is 0 Å². The molecule has 2 rings (SSSR count). The highest BCUT2D eigenvalue weighted by Crippen LogP contribution is 1.99. The van der Waals surface area contributed by atoms with E-state index in [4.69, 9.17) is 4.74 Å². The summed E-state index contributed by atoms with van der Waals surface area (Å²) < 4.78 is 5.68. The van der Waals surface area contributed by atoms with Gasteiger partial charge in [-0.15, -0.1) is 0 Å². The summed E-state index contributed by atoms with van der Waals surface area (Å²) in [4.78, 5) is 4.23. The van der Waals surface area contributed by atoms with Crippen LogP contribution in [0.2, 0.25) is 0 Å². The molecule has 0 spiro atoms. The smallest absolute Gasteiger partial charge is 0.191 e. The third kappa shape index (κ3) is 7.29. The lowest BCUT2D eigenvalue weighted by molar-refractivity contribution is 0.135. The van der Waals surface area contributed by atoms with Gasteiger partial charge >= 0.3 is 0 Å².